The molecule has 1 N–H and O–H groups in total. The van der Waals surface area contributed by atoms with Crippen molar-refractivity contribution in [2.24, 2.45) is 40.4 Å². The molecule has 8 atom stereocenters. The summed E-state index contributed by atoms with van der Waals surface area (Å²) in [5.74, 6) is 3.55. The minimum Gasteiger partial charge on any atom is -0.393 e. The van der Waals surface area contributed by atoms with E-state index in [4.69, 9.17) is 0 Å². The molecule has 2 heteroatoms. The molecule has 1 aromatic rings. The third-order valence-corrected chi connectivity index (χ3v) is 10.2. The first-order valence-electron chi connectivity index (χ1n) is 12.4. The Bertz CT molecular complexity index is 813. The summed E-state index contributed by atoms with van der Waals surface area (Å²) in [5, 5.41) is 10.2. The molecule has 0 aliphatic heterocycles. The maximum Gasteiger partial charge on any atom is 0.159 e. The summed E-state index contributed by atoms with van der Waals surface area (Å²) in [6.07, 6.45) is 14.4. The number of carbonyl (C=O) groups is 1. The van der Waals surface area contributed by atoms with Crippen molar-refractivity contribution in [2.45, 2.75) is 77.7 Å². The molecule has 1 aromatic carbocycles. The molecule has 4 saturated carbocycles. The van der Waals surface area contributed by atoms with Crippen molar-refractivity contribution < 1.29 is 9.90 Å². The summed E-state index contributed by atoms with van der Waals surface area (Å²) < 4.78 is 0. The first-order valence-corrected chi connectivity index (χ1v) is 12.4. The average Bonchev–Trinajstić information content (AvgIpc) is 3.10. The minimum atomic E-state index is -0.0710. The Morgan fingerprint density at radius 3 is 2.47 bits per heavy atom. The number of aliphatic hydroxyl groups excluding tert-OH is 1. The monoisotopic (exact) mass is 406 g/mol. The van der Waals surface area contributed by atoms with Gasteiger partial charge in [-0.05, 0) is 104 Å². The summed E-state index contributed by atoms with van der Waals surface area (Å²) >= 11 is 0. The molecule has 4 aliphatic rings. The van der Waals surface area contributed by atoms with Crippen LogP contribution < -0.4 is 0 Å². The molecule has 4 aliphatic carbocycles. The number of benzene rings is 1. The van der Waals surface area contributed by atoms with Gasteiger partial charge in [-0.15, -0.1) is 0 Å². The molecule has 5 rings (SSSR count). The minimum absolute atomic E-state index is 0.0710. The third kappa shape index (κ3) is 3.22. The van der Waals surface area contributed by atoms with E-state index < -0.39 is 0 Å². The molecule has 0 aromatic heterocycles. The topological polar surface area (TPSA) is 37.3 Å². The molecule has 0 heterocycles. The van der Waals surface area contributed by atoms with Gasteiger partial charge in [0.25, 0.3) is 0 Å². The van der Waals surface area contributed by atoms with Gasteiger partial charge in [0.1, 0.15) is 0 Å². The second kappa shape index (κ2) is 7.62. The second-order valence-electron chi connectivity index (χ2n) is 11.4. The lowest BCUT2D eigenvalue weighted by molar-refractivity contribution is -0.136. The van der Waals surface area contributed by atoms with E-state index in [-0.39, 0.29) is 17.4 Å². The maximum atomic E-state index is 13.3. The van der Waals surface area contributed by atoms with E-state index in [2.05, 4.69) is 26.0 Å². The molecule has 0 amide bonds. The maximum absolute atomic E-state index is 13.3. The molecule has 0 saturated heterocycles. The fraction of sp³-hybridized carbons (Fsp3) is 0.679. The summed E-state index contributed by atoms with van der Waals surface area (Å²) in [6, 6.07) is 10.2. The highest BCUT2D eigenvalue weighted by molar-refractivity contribution is 5.96. The van der Waals surface area contributed by atoms with Crippen molar-refractivity contribution in [3.05, 3.63) is 42.0 Å². The summed E-state index contributed by atoms with van der Waals surface area (Å²) in [7, 11) is 0. The van der Waals surface area contributed by atoms with E-state index in [9.17, 15) is 9.90 Å². The Labute approximate surface area is 182 Å². The third-order valence-electron chi connectivity index (χ3n) is 10.2. The lowest BCUT2D eigenvalue weighted by Gasteiger charge is -2.60. The standard InChI is InChI=1S/C28H38O2/c1-27-16-14-21(29)18-20(27)9-10-22-23-11-12-25(28(23,2)17-15-24(22)27)26(30)13-8-19-6-4-3-5-7-19/h3-8,13,20-25,29H,9-12,14-18H2,1-2H3/b13-8+/t20-,21+,22-,23-,24-,25+,27-,28-/m0/s1. The van der Waals surface area contributed by atoms with Gasteiger partial charge in [0.05, 0.1) is 6.10 Å². The SMILES string of the molecule is C[C@]12CC[C@@H](O)C[C@@H]1CC[C@@H]1[C@@H]2CC[C@]2(C)[C@@H](C(=O)/C=C/c3ccccc3)CC[C@@H]12. The highest BCUT2D eigenvalue weighted by Gasteiger charge is 2.60. The number of rotatable bonds is 3. The van der Waals surface area contributed by atoms with Crippen molar-refractivity contribution in [3.8, 4) is 0 Å². The molecule has 0 spiro atoms. The molecule has 162 valence electrons. The molecular formula is C28H38O2. The number of fused-ring (bicyclic) bond motifs is 5. The first-order chi connectivity index (χ1) is 14.4. The molecule has 30 heavy (non-hydrogen) atoms. The highest BCUT2D eigenvalue weighted by atomic mass is 16.3. The fourth-order valence-electron chi connectivity index (χ4n) is 8.56. The van der Waals surface area contributed by atoms with Crippen molar-refractivity contribution in [1.29, 1.82) is 0 Å². The Balaban J connectivity index is 1.34. The molecule has 0 bridgehead atoms. The lowest BCUT2D eigenvalue weighted by Crippen LogP contribution is -2.54. The van der Waals surface area contributed by atoms with E-state index >= 15 is 0 Å². The molecule has 0 unspecified atom stereocenters. The Hall–Kier alpha value is -1.41. The summed E-state index contributed by atoms with van der Waals surface area (Å²) in [6.45, 7) is 4.99. The van der Waals surface area contributed by atoms with Gasteiger partial charge in [-0.25, -0.2) is 0 Å². The van der Waals surface area contributed by atoms with Crippen LogP contribution in [0.4, 0.5) is 0 Å². The van der Waals surface area contributed by atoms with Gasteiger partial charge in [0.2, 0.25) is 0 Å². The van der Waals surface area contributed by atoms with Gasteiger partial charge in [-0.1, -0.05) is 50.3 Å². The number of aliphatic hydroxyl groups is 1. The quantitative estimate of drug-likeness (QED) is 0.599. The predicted octanol–water partition coefficient (Wildman–Crippen LogP) is 6.29. The van der Waals surface area contributed by atoms with Gasteiger partial charge in [0, 0.05) is 5.92 Å². The van der Waals surface area contributed by atoms with Gasteiger partial charge < -0.3 is 5.11 Å². The lowest BCUT2D eigenvalue weighted by atomic mass is 9.44. The zero-order valence-electron chi connectivity index (χ0n) is 18.7. The van der Waals surface area contributed by atoms with Crippen LogP contribution in [-0.2, 0) is 4.79 Å². The fourth-order valence-corrected chi connectivity index (χ4v) is 8.56. The van der Waals surface area contributed by atoms with E-state index in [0.29, 0.717) is 23.0 Å². The zero-order chi connectivity index (χ0) is 20.9. The predicted molar refractivity (Wildman–Crippen MR) is 122 cm³/mol. The van der Waals surface area contributed by atoms with Crippen LogP contribution in [0.3, 0.4) is 0 Å². The molecule has 2 nitrogen and oxygen atoms in total. The Kier molecular flexibility index (Phi) is 5.21. The number of hydrogen-bond acceptors (Lipinski definition) is 2. The van der Waals surface area contributed by atoms with Crippen LogP contribution >= 0.6 is 0 Å². The van der Waals surface area contributed by atoms with E-state index in [1.54, 1.807) is 0 Å². The van der Waals surface area contributed by atoms with Crippen LogP contribution in [0.2, 0.25) is 0 Å². The number of ketones is 1. The van der Waals surface area contributed by atoms with Gasteiger partial charge >= 0.3 is 0 Å². The van der Waals surface area contributed by atoms with Crippen molar-refractivity contribution in [1.82, 2.24) is 0 Å². The van der Waals surface area contributed by atoms with E-state index in [1.165, 1.54) is 38.5 Å². The van der Waals surface area contributed by atoms with Crippen LogP contribution in [0, 0.1) is 40.4 Å². The smallest absolute Gasteiger partial charge is 0.159 e. The Morgan fingerprint density at radius 2 is 1.67 bits per heavy atom. The number of allylic oxidation sites excluding steroid dienone is 1. The van der Waals surface area contributed by atoms with Crippen LogP contribution in [0.15, 0.2) is 36.4 Å². The van der Waals surface area contributed by atoms with Gasteiger partial charge in [-0.2, -0.15) is 0 Å². The highest BCUT2D eigenvalue weighted by Crippen LogP contribution is 2.67. The summed E-state index contributed by atoms with van der Waals surface area (Å²) in [5.41, 5.74) is 1.70. The first kappa shape index (κ1) is 20.5. The molecule has 4 fully saturated rings. The van der Waals surface area contributed by atoms with Crippen molar-refractivity contribution in [2.75, 3.05) is 0 Å². The number of hydrogen-bond donors (Lipinski definition) is 1. The second-order valence-corrected chi connectivity index (χ2v) is 11.4. The zero-order valence-corrected chi connectivity index (χ0v) is 18.7. The van der Waals surface area contributed by atoms with Crippen molar-refractivity contribution >= 4 is 11.9 Å². The van der Waals surface area contributed by atoms with Crippen molar-refractivity contribution in [3.63, 3.8) is 0 Å². The van der Waals surface area contributed by atoms with Gasteiger partial charge in [0.15, 0.2) is 5.78 Å². The average molecular weight is 407 g/mol. The molecule has 0 radical (unpaired) electrons. The van der Waals surface area contributed by atoms with Crippen LogP contribution in [0.5, 0.6) is 0 Å². The van der Waals surface area contributed by atoms with Crippen LogP contribution in [0.1, 0.15) is 77.2 Å². The number of carbonyl (C=O) groups excluding carboxylic acids is 1. The van der Waals surface area contributed by atoms with Crippen LogP contribution in [-0.4, -0.2) is 17.0 Å². The van der Waals surface area contributed by atoms with Gasteiger partial charge in [-0.3, -0.25) is 4.79 Å². The van der Waals surface area contributed by atoms with Crippen LogP contribution in [0.25, 0.3) is 6.08 Å². The molecular weight excluding hydrogens is 368 g/mol. The Morgan fingerprint density at radius 1 is 0.933 bits per heavy atom. The van der Waals surface area contributed by atoms with E-state index in [1.807, 2.05) is 30.4 Å². The normalized spacial score (nSPS) is 45.6. The van der Waals surface area contributed by atoms with E-state index in [0.717, 1.165) is 36.7 Å². The summed E-state index contributed by atoms with van der Waals surface area (Å²) in [4.78, 5) is 13.3. The largest absolute Gasteiger partial charge is 0.393 e.